The molecule has 1 aromatic rings. The van der Waals surface area contributed by atoms with E-state index in [0.29, 0.717) is 19.2 Å². The predicted octanol–water partition coefficient (Wildman–Crippen LogP) is 3.38. The molecule has 6 nitrogen and oxygen atoms in total. The number of ether oxygens (including phenoxy) is 1. The van der Waals surface area contributed by atoms with Gasteiger partial charge in [-0.05, 0) is 49.1 Å². The number of likely N-dealkylation sites (tertiary alicyclic amines) is 1. The molecule has 1 saturated heterocycles. The third-order valence-corrected chi connectivity index (χ3v) is 6.52. The van der Waals surface area contributed by atoms with Gasteiger partial charge in [0.1, 0.15) is 17.1 Å². The Morgan fingerprint density at radius 2 is 1.71 bits per heavy atom. The van der Waals surface area contributed by atoms with Crippen LogP contribution >= 0.6 is 0 Å². The number of nitrogens with one attached hydrogen (secondary N) is 2. The van der Waals surface area contributed by atoms with Gasteiger partial charge in [0.25, 0.3) is 5.91 Å². The second-order valence-electron chi connectivity index (χ2n) is 9.48. The van der Waals surface area contributed by atoms with Crippen molar-refractivity contribution in [1.82, 2.24) is 15.5 Å². The number of rotatable bonds is 7. The highest BCUT2D eigenvalue weighted by Gasteiger charge is 2.64. The molecule has 2 amide bonds. The third-order valence-electron chi connectivity index (χ3n) is 6.52. The second kappa shape index (κ2) is 8.28. The van der Waals surface area contributed by atoms with Gasteiger partial charge in [-0.3, -0.25) is 14.5 Å². The van der Waals surface area contributed by atoms with Crippen molar-refractivity contribution < 1.29 is 45.1 Å². The van der Waals surface area contributed by atoms with Crippen LogP contribution in [0.5, 0.6) is 5.75 Å². The Morgan fingerprint density at radius 1 is 1.06 bits per heavy atom. The number of hydrogen-bond donors (Lipinski definition) is 2. The molecule has 1 heterocycles. The largest absolute Gasteiger partial charge is 0.573 e. The van der Waals surface area contributed by atoms with Crippen LogP contribution in [0.1, 0.15) is 36.0 Å². The molecule has 0 radical (unpaired) electrons. The quantitative estimate of drug-likeness (QED) is 0.567. The first-order valence-corrected chi connectivity index (χ1v) is 10.6. The van der Waals surface area contributed by atoms with Gasteiger partial charge >= 0.3 is 12.5 Å². The van der Waals surface area contributed by atoms with E-state index >= 15 is 0 Å². The van der Waals surface area contributed by atoms with Gasteiger partial charge in [0.15, 0.2) is 0 Å². The molecule has 0 unspecified atom stereocenters. The van der Waals surface area contributed by atoms with Crippen molar-refractivity contribution in [2.24, 2.45) is 11.3 Å². The van der Waals surface area contributed by atoms with Gasteiger partial charge in [0, 0.05) is 31.3 Å². The van der Waals surface area contributed by atoms with Crippen LogP contribution in [0.4, 0.5) is 30.7 Å². The Bertz CT molecular complexity index is 961. The molecule has 13 heteroatoms. The van der Waals surface area contributed by atoms with Crippen LogP contribution < -0.4 is 15.4 Å². The lowest BCUT2D eigenvalue weighted by Crippen LogP contribution is -2.65. The number of carbonyl (C=O) groups is 2. The van der Waals surface area contributed by atoms with Gasteiger partial charge in [-0.1, -0.05) is 0 Å². The number of nitrogens with zero attached hydrogens (tertiary/aromatic N) is 1. The van der Waals surface area contributed by atoms with Crippen LogP contribution in [-0.2, 0) is 4.79 Å². The van der Waals surface area contributed by atoms with E-state index in [2.05, 4.69) is 15.4 Å². The highest BCUT2D eigenvalue weighted by atomic mass is 19.4. The monoisotopic (exact) mass is 497 g/mol. The normalized spacial score (nSPS) is 21.4. The summed E-state index contributed by atoms with van der Waals surface area (Å²) in [4.78, 5) is 26.0. The molecule has 3 aliphatic rings. The third kappa shape index (κ3) is 5.39. The SMILES string of the molecule is O=C(CN1CC2(CC(CNC(=O)c3cc(F)cc(OC(F)(F)F)c3)C2)C1)NC1(C(F)(F)F)CC1. The van der Waals surface area contributed by atoms with Gasteiger partial charge in [0.05, 0.1) is 6.54 Å². The fraction of sp³-hybridized carbons (Fsp3) is 0.619. The summed E-state index contributed by atoms with van der Waals surface area (Å²) in [6.07, 6.45) is -8.23. The van der Waals surface area contributed by atoms with Gasteiger partial charge in [-0.2, -0.15) is 13.2 Å². The van der Waals surface area contributed by atoms with Crippen LogP contribution in [-0.4, -0.2) is 61.0 Å². The van der Waals surface area contributed by atoms with E-state index in [4.69, 9.17) is 0 Å². The average molecular weight is 497 g/mol. The second-order valence-corrected chi connectivity index (χ2v) is 9.48. The smallest absolute Gasteiger partial charge is 0.406 e. The van der Waals surface area contributed by atoms with Crippen molar-refractivity contribution in [3.63, 3.8) is 0 Å². The Kier molecular flexibility index (Phi) is 5.98. The molecule has 1 spiro atoms. The molecule has 2 saturated carbocycles. The Balaban J connectivity index is 1.18. The number of alkyl halides is 6. The molecule has 34 heavy (non-hydrogen) atoms. The first kappa shape index (κ1) is 24.6. The van der Waals surface area contributed by atoms with Crippen LogP contribution in [0.25, 0.3) is 0 Å². The number of benzene rings is 1. The molecule has 3 fully saturated rings. The lowest BCUT2D eigenvalue weighted by atomic mass is 9.57. The molecule has 1 aliphatic heterocycles. The van der Waals surface area contributed by atoms with E-state index < -0.39 is 41.5 Å². The number of halogens is 7. The summed E-state index contributed by atoms with van der Waals surface area (Å²) >= 11 is 0. The first-order chi connectivity index (χ1) is 15.7. The summed E-state index contributed by atoms with van der Waals surface area (Å²) < 4.78 is 93.0. The molecule has 4 rings (SSSR count). The topological polar surface area (TPSA) is 70.7 Å². The first-order valence-electron chi connectivity index (χ1n) is 10.6. The minimum Gasteiger partial charge on any atom is -0.406 e. The van der Waals surface area contributed by atoms with Gasteiger partial charge in [0.2, 0.25) is 5.91 Å². The van der Waals surface area contributed by atoms with Gasteiger partial charge in [-0.15, -0.1) is 13.2 Å². The van der Waals surface area contributed by atoms with Crippen LogP contribution in [0.3, 0.4) is 0 Å². The van der Waals surface area contributed by atoms with Crippen molar-refractivity contribution in [2.75, 3.05) is 26.2 Å². The standard InChI is InChI=1S/C21H22F7N3O3/c22-14-3-13(4-15(5-14)34-21(26,27)28)17(33)29-8-12-6-18(7-12)10-31(11-18)9-16(32)30-19(1-2-19)20(23,24)25/h3-5,12H,1-2,6-11H2,(H,29,33)(H,30,32). The molecule has 1 aromatic carbocycles. The molecule has 2 N–H and O–H groups in total. The maximum Gasteiger partial charge on any atom is 0.573 e. The highest BCUT2D eigenvalue weighted by Crippen LogP contribution is 2.52. The number of amides is 2. The zero-order valence-electron chi connectivity index (χ0n) is 17.8. The highest BCUT2D eigenvalue weighted by molar-refractivity contribution is 5.94. The Labute approximate surface area is 189 Å². The van der Waals surface area contributed by atoms with E-state index in [-0.39, 0.29) is 42.8 Å². The molecule has 188 valence electrons. The zero-order valence-corrected chi connectivity index (χ0v) is 17.8. The van der Waals surface area contributed by atoms with Crippen molar-refractivity contribution in [1.29, 1.82) is 0 Å². The van der Waals surface area contributed by atoms with Crippen molar-refractivity contribution in [2.45, 2.75) is 43.8 Å². The van der Waals surface area contributed by atoms with Gasteiger partial charge in [-0.25, -0.2) is 4.39 Å². The minimum absolute atomic E-state index is 0.0520. The van der Waals surface area contributed by atoms with E-state index in [1.165, 1.54) is 0 Å². The van der Waals surface area contributed by atoms with E-state index in [1.807, 2.05) is 0 Å². The van der Waals surface area contributed by atoms with Crippen molar-refractivity contribution in [3.8, 4) is 5.75 Å². The van der Waals surface area contributed by atoms with Crippen LogP contribution in [0.2, 0.25) is 0 Å². The number of carbonyl (C=O) groups excluding carboxylic acids is 2. The Morgan fingerprint density at radius 3 is 2.26 bits per heavy atom. The maximum absolute atomic E-state index is 13.6. The molecular weight excluding hydrogens is 475 g/mol. The van der Waals surface area contributed by atoms with Crippen LogP contribution in [0.15, 0.2) is 18.2 Å². The lowest BCUT2D eigenvalue weighted by Gasteiger charge is -2.59. The summed E-state index contributed by atoms with van der Waals surface area (Å²) in [5, 5.41) is 4.66. The van der Waals surface area contributed by atoms with Gasteiger partial charge < -0.3 is 15.4 Å². The fourth-order valence-electron chi connectivity index (χ4n) is 4.92. The molecule has 0 bridgehead atoms. The predicted molar refractivity (Wildman–Crippen MR) is 103 cm³/mol. The molecule has 0 atom stereocenters. The minimum atomic E-state index is -5.02. The fourth-order valence-corrected chi connectivity index (χ4v) is 4.92. The Hall–Kier alpha value is -2.57. The maximum atomic E-state index is 13.6. The average Bonchev–Trinajstić information content (AvgIpc) is 3.40. The summed E-state index contributed by atoms with van der Waals surface area (Å²) in [6, 6.07) is 2.13. The summed E-state index contributed by atoms with van der Waals surface area (Å²) in [5.74, 6) is -3.17. The summed E-state index contributed by atoms with van der Waals surface area (Å²) in [5.41, 5.74) is -2.43. The number of hydrogen-bond acceptors (Lipinski definition) is 4. The van der Waals surface area contributed by atoms with Crippen LogP contribution in [0, 0.1) is 17.2 Å². The van der Waals surface area contributed by atoms with Crippen molar-refractivity contribution >= 4 is 11.8 Å². The zero-order chi connectivity index (χ0) is 24.9. The van der Waals surface area contributed by atoms with E-state index in [0.717, 1.165) is 25.0 Å². The van der Waals surface area contributed by atoms with E-state index in [9.17, 15) is 40.3 Å². The molecule has 2 aliphatic carbocycles. The van der Waals surface area contributed by atoms with E-state index in [1.54, 1.807) is 4.90 Å². The summed E-state index contributed by atoms with van der Waals surface area (Å²) in [6.45, 7) is 1.25. The molecular formula is C21H22F7N3O3. The lowest BCUT2D eigenvalue weighted by molar-refractivity contribution is -0.274. The summed E-state index contributed by atoms with van der Waals surface area (Å²) in [7, 11) is 0. The van der Waals surface area contributed by atoms with Crippen molar-refractivity contribution in [3.05, 3.63) is 29.6 Å². The molecule has 0 aromatic heterocycles.